The van der Waals surface area contributed by atoms with Gasteiger partial charge in [-0.25, -0.2) is 8.42 Å². The van der Waals surface area contributed by atoms with Gasteiger partial charge in [-0.15, -0.1) is 0 Å². The summed E-state index contributed by atoms with van der Waals surface area (Å²) in [5.74, 6) is 1.19. The molecule has 1 unspecified atom stereocenters. The van der Waals surface area contributed by atoms with Crippen molar-refractivity contribution in [3.8, 4) is 5.75 Å². The Bertz CT molecular complexity index is 616. The summed E-state index contributed by atoms with van der Waals surface area (Å²) in [6, 6.07) is 7.46. The monoisotopic (exact) mass is 328 g/mol. The van der Waals surface area contributed by atoms with Crippen molar-refractivity contribution in [2.45, 2.75) is 12.5 Å². The number of likely N-dealkylation sites (N-methyl/N-ethyl adjacent to an activating group) is 1. The summed E-state index contributed by atoms with van der Waals surface area (Å²) in [7, 11) is -0.927. The summed E-state index contributed by atoms with van der Waals surface area (Å²) in [4.78, 5) is 2.34. The average molecular weight is 328 g/mol. The highest BCUT2D eigenvalue weighted by molar-refractivity contribution is 7.91. The van der Waals surface area contributed by atoms with E-state index in [2.05, 4.69) is 0 Å². The van der Waals surface area contributed by atoms with E-state index in [4.69, 9.17) is 22.7 Å². The fourth-order valence-electron chi connectivity index (χ4n) is 2.40. The number of sulfone groups is 1. The van der Waals surface area contributed by atoms with Crippen molar-refractivity contribution in [1.82, 2.24) is 4.90 Å². The fourth-order valence-corrected chi connectivity index (χ4v) is 4.38. The molecular weight excluding hydrogens is 308 g/mol. The summed E-state index contributed by atoms with van der Waals surface area (Å²) >= 11 is 4.98. The van der Waals surface area contributed by atoms with Crippen LogP contribution in [0.5, 0.6) is 5.75 Å². The second-order valence-electron chi connectivity index (χ2n) is 5.25. The van der Waals surface area contributed by atoms with Crippen molar-refractivity contribution in [2.24, 2.45) is 5.73 Å². The Labute approximate surface area is 131 Å². The van der Waals surface area contributed by atoms with E-state index < -0.39 is 9.84 Å². The van der Waals surface area contributed by atoms with E-state index in [9.17, 15) is 8.42 Å². The van der Waals surface area contributed by atoms with Crippen molar-refractivity contribution in [3.05, 3.63) is 29.8 Å². The molecule has 21 heavy (non-hydrogen) atoms. The predicted molar refractivity (Wildman–Crippen MR) is 87.5 cm³/mol. The Morgan fingerprint density at radius 2 is 2.19 bits per heavy atom. The van der Waals surface area contributed by atoms with Gasteiger partial charge in [-0.05, 0) is 25.6 Å². The number of thiocarbonyl (C=S) groups is 1. The Morgan fingerprint density at radius 3 is 2.81 bits per heavy atom. The highest BCUT2D eigenvalue weighted by Gasteiger charge is 2.30. The third kappa shape index (κ3) is 4.39. The summed E-state index contributed by atoms with van der Waals surface area (Å²) in [5, 5.41) is 0. The molecule has 5 nitrogen and oxygen atoms in total. The van der Waals surface area contributed by atoms with Crippen LogP contribution in [0.3, 0.4) is 0 Å². The van der Waals surface area contributed by atoms with E-state index in [1.54, 1.807) is 0 Å². The second kappa shape index (κ2) is 6.72. The Balaban J connectivity index is 1.86. The molecule has 1 heterocycles. The van der Waals surface area contributed by atoms with Crippen LogP contribution >= 0.6 is 12.2 Å². The first-order chi connectivity index (χ1) is 9.89. The van der Waals surface area contributed by atoms with E-state index >= 15 is 0 Å². The van der Waals surface area contributed by atoms with Crippen LogP contribution in [0.4, 0.5) is 0 Å². The zero-order valence-electron chi connectivity index (χ0n) is 12.0. The van der Waals surface area contributed by atoms with Crippen molar-refractivity contribution >= 4 is 27.0 Å². The number of para-hydroxylation sites is 1. The van der Waals surface area contributed by atoms with Gasteiger partial charge in [-0.1, -0.05) is 24.4 Å². The molecule has 2 rings (SSSR count). The van der Waals surface area contributed by atoms with Gasteiger partial charge in [0.25, 0.3) is 0 Å². The van der Waals surface area contributed by atoms with Gasteiger partial charge in [-0.2, -0.15) is 0 Å². The van der Waals surface area contributed by atoms with E-state index in [0.717, 1.165) is 5.56 Å². The molecule has 0 radical (unpaired) electrons. The molecule has 7 heteroatoms. The molecule has 0 amide bonds. The van der Waals surface area contributed by atoms with Gasteiger partial charge in [0.1, 0.15) is 17.3 Å². The third-order valence-corrected chi connectivity index (χ3v) is 5.66. The zero-order valence-corrected chi connectivity index (χ0v) is 13.6. The lowest BCUT2D eigenvalue weighted by molar-refractivity contribution is 0.202. The van der Waals surface area contributed by atoms with Crippen LogP contribution in [0, 0.1) is 0 Å². The minimum Gasteiger partial charge on any atom is -0.492 e. The fraction of sp³-hybridized carbons (Fsp3) is 0.500. The summed E-state index contributed by atoms with van der Waals surface area (Å²) in [6.07, 6.45) is 0.697. The van der Waals surface area contributed by atoms with Crippen LogP contribution in [0.25, 0.3) is 0 Å². The normalized spacial score (nSPS) is 20.6. The Kier molecular flexibility index (Phi) is 5.18. The third-order valence-electron chi connectivity index (χ3n) is 3.69. The molecule has 0 saturated carbocycles. The maximum absolute atomic E-state index is 11.5. The number of hydrogen-bond donors (Lipinski definition) is 1. The molecule has 1 fully saturated rings. The molecule has 1 saturated heterocycles. The largest absolute Gasteiger partial charge is 0.492 e. The first-order valence-corrected chi connectivity index (χ1v) is 9.04. The molecule has 2 N–H and O–H groups in total. The molecule has 0 spiro atoms. The zero-order chi connectivity index (χ0) is 15.5. The SMILES string of the molecule is CN(CCOc1ccccc1C(N)=S)C1CCS(=O)(=O)C1. The van der Waals surface area contributed by atoms with Gasteiger partial charge in [0, 0.05) is 12.6 Å². The number of nitrogens with two attached hydrogens (primary N) is 1. The number of rotatable bonds is 6. The molecule has 1 aliphatic rings. The van der Waals surface area contributed by atoms with Crippen LogP contribution < -0.4 is 10.5 Å². The van der Waals surface area contributed by atoms with E-state index in [1.165, 1.54) is 0 Å². The van der Waals surface area contributed by atoms with Crippen LogP contribution in [0.15, 0.2) is 24.3 Å². The summed E-state index contributed by atoms with van der Waals surface area (Å²) < 4.78 is 28.7. The van der Waals surface area contributed by atoms with Gasteiger partial charge < -0.3 is 10.5 Å². The maximum Gasteiger partial charge on any atom is 0.151 e. The first-order valence-electron chi connectivity index (χ1n) is 6.81. The minimum atomic E-state index is -2.85. The highest BCUT2D eigenvalue weighted by Crippen LogP contribution is 2.19. The molecule has 0 aliphatic carbocycles. The van der Waals surface area contributed by atoms with Crippen molar-refractivity contribution < 1.29 is 13.2 Å². The average Bonchev–Trinajstić information content (AvgIpc) is 2.79. The van der Waals surface area contributed by atoms with Gasteiger partial charge in [0.2, 0.25) is 0 Å². The lowest BCUT2D eigenvalue weighted by Crippen LogP contribution is -2.35. The van der Waals surface area contributed by atoms with E-state index in [0.29, 0.717) is 30.3 Å². The number of ether oxygens (including phenoxy) is 1. The molecule has 0 bridgehead atoms. The van der Waals surface area contributed by atoms with Gasteiger partial charge in [-0.3, -0.25) is 4.90 Å². The molecule has 1 aromatic rings. The molecule has 0 aromatic heterocycles. The molecule has 116 valence electrons. The molecular formula is C14H20N2O3S2. The Hall–Kier alpha value is -1.18. The second-order valence-corrected chi connectivity index (χ2v) is 7.91. The smallest absolute Gasteiger partial charge is 0.151 e. The Morgan fingerprint density at radius 1 is 1.48 bits per heavy atom. The topological polar surface area (TPSA) is 72.6 Å². The quantitative estimate of drug-likeness (QED) is 0.780. The van der Waals surface area contributed by atoms with Crippen LogP contribution in [-0.4, -0.2) is 56.1 Å². The minimum absolute atomic E-state index is 0.0874. The lowest BCUT2D eigenvalue weighted by Gasteiger charge is -2.23. The summed E-state index contributed by atoms with van der Waals surface area (Å²) in [5.41, 5.74) is 6.37. The lowest BCUT2D eigenvalue weighted by atomic mass is 10.2. The van der Waals surface area contributed by atoms with E-state index in [-0.39, 0.29) is 17.5 Å². The standard InChI is InChI=1S/C14H20N2O3S2/c1-16(11-6-9-21(17,18)10-11)7-8-19-13-5-3-2-4-12(13)14(15)20/h2-5,11H,6-10H2,1H3,(H2,15,20). The highest BCUT2D eigenvalue weighted by atomic mass is 32.2. The summed E-state index contributed by atoms with van der Waals surface area (Å²) in [6.45, 7) is 1.12. The molecule has 1 aliphatic heterocycles. The van der Waals surface area contributed by atoms with Gasteiger partial charge in [0.15, 0.2) is 9.84 Å². The van der Waals surface area contributed by atoms with E-state index in [1.807, 2.05) is 36.2 Å². The maximum atomic E-state index is 11.5. The van der Waals surface area contributed by atoms with Crippen LogP contribution in [0.1, 0.15) is 12.0 Å². The first kappa shape index (κ1) is 16.2. The van der Waals surface area contributed by atoms with Crippen molar-refractivity contribution in [2.75, 3.05) is 31.7 Å². The van der Waals surface area contributed by atoms with Crippen LogP contribution in [-0.2, 0) is 9.84 Å². The number of benzene rings is 1. The number of nitrogens with zero attached hydrogens (tertiary/aromatic N) is 1. The van der Waals surface area contributed by atoms with Gasteiger partial charge >= 0.3 is 0 Å². The van der Waals surface area contributed by atoms with Crippen LogP contribution in [0.2, 0.25) is 0 Å². The number of hydrogen-bond acceptors (Lipinski definition) is 5. The predicted octanol–water partition coefficient (Wildman–Crippen LogP) is 0.819. The molecule has 1 aromatic carbocycles. The van der Waals surface area contributed by atoms with Crippen molar-refractivity contribution in [1.29, 1.82) is 0 Å². The molecule has 1 atom stereocenters. The van der Waals surface area contributed by atoms with Crippen molar-refractivity contribution in [3.63, 3.8) is 0 Å². The van der Waals surface area contributed by atoms with Gasteiger partial charge in [0.05, 0.1) is 17.1 Å².